The molecule has 0 bridgehead atoms. The number of hydrogen-bond acceptors (Lipinski definition) is 2. The predicted octanol–water partition coefficient (Wildman–Crippen LogP) is 3.82. The fraction of sp³-hybridized carbons (Fsp3) is 0.611. The van der Waals surface area contributed by atoms with Crippen LogP contribution in [0.4, 0.5) is 4.79 Å². The molecule has 22 heavy (non-hydrogen) atoms. The van der Waals surface area contributed by atoms with E-state index >= 15 is 0 Å². The molecular weight excluding hydrogens is 276 g/mol. The van der Waals surface area contributed by atoms with Crippen LogP contribution < -0.4 is 10.1 Å². The van der Waals surface area contributed by atoms with Gasteiger partial charge in [0.05, 0.1) is 6.61 Å². The first-order valence-corrected chi connectivity index (χ1v) is 8.46. The van der Waals surface area contributed by atoms with Crippen molar-refractivity contribution < 1.29 is 9.53 Å². The van der Waals surface area contributed by atoms with Crippen LogP contribution in [0.25, 0.3) is 0 Å². The van der Waals surface area contributed by atoms with Crippen molar-refractivity contribution in [2.24, 2.45) is 0 Å². The van der Waals surface area contributed by atoms with Crippen LogP contribution in [-0.4, -0.2) is 37.2 Å². The van der Waals surface area contributed by atoms with Crippen molar-refractivity contribution in [2.45, 2.75) is 51.0 Å². The molecule has 0 saturated heterocycles. The van der Waals surface area contributed by atoms with Crippen molar-refractivity contribution in [3.05, 3.63) is 30.3 Å². The summed E-state index contributed by atoms with van der Waals surface area (Å²) in [5.74, 6) is 0.879. The molecular formula is C18H28N2O2. The minimum absolute atomic E-state index is 0.0478. The highest BCUT2D eigenvalue weighted by Crippen LogP contribution is 2.20. The van der Waals surface area contributed by atoms with E-state index in [2.05, 4.69) is 5.32 Å². The van der Waals surface area contributed by atoms with Crippen molar-refractivity contribution in [3.63, 3.8) is 0 Å². The Bertz CT molecular complexity index is 428. The molecule has 2 rings (SSSR count). The number of ether oxygens (including phenoxy) is 1. The number of urea groups is 1. The molecule has 0 heterocycles. The molecule has 0 unspecified atom stereocenters. The fourth-order valence-electron chi connectivity index (χ4n) is 2.91. The van der Waals surface area contributed by atoms with Gasteiger partial charge in [-0.2, -0.15) is 0 Å². The number of nitrogens with zero attached hydrogens (tertiary/aromatic N) is 1. The Morgan fingerprint density at radius 2 is 1.86 bits per heavy atom. The second-order valence-electron chi connectivity index (χ2n) is 6.00. The topological polar surface area (TPSA) is 41.6 Å². The molecule has 1 N–H and O–H groups in total. The first-order valence-electron chi connectivity index (χ1n) is 8.46. The number of hydrogen-bond donors (Lipinski definition) is 1. The molecule has 0 spiro atoms. The number of rotatable bonds is 6. The summed E-state index contributed by atoms with van der Waals surface area (Å²) in [4.78, 5) is 14.1. The van der Waals surface area contributed by atoms with Crippen LogP contribution in [0.2, 0.25) is 0 Å². The standard InChI is InChI=1S/C18H28N2O2/c1-20(16-10-5-2-3-6-11-16)18(21)19-14-9-15-22-17-12-7-4-8-13-17/h4,7-8,12-13,16H,2-3,5-6,9-11,14-15H2,1H3,(H,19,21). The van der Waals surface area contributed by atoms with Gasteiger partial charge in [-0.1, -0.05) is 43.9 Å². The van der Waals surface area contributed by atoms with E-state index in [4.69, 9.17) is 4.74 Å². The van der Waals surface area contributed by atoms with Crippen LogP contribution >= 0.6 is 0 Å². The second kappa shape index (κ2) is 9.34. The van der Waals surface area contributed by atoms with E-state index in [0.29, 0.717) is 19.2 Å². The van der Waals surface area contributed by atoms with Gasteiger partial charge in [0.25, 0.3) is 0 Å². The molecule has 1 aliphatic rings. The number of amides is 2. The monoisotopic (exact) mass is 304 g/mol. The van der Waals surface area contributed by atoms with Crippen molar-refractivity contribution in [3.8, 4) is 5.75 Å². The summed E-state index contributed by atoms with van der Waals surface area (Å²) in [6, 6.07) is 10.2. The lowest BCUT2D eigenvalue weighted by atomic mass is 10.1. The van der Waals surface area contributed by atoms with Gasteiger partial charge in [0.1, 0.15) is 5.75 Å². The molecule has 4 heteroatoms. The van der Waals surface area contributed by atoms with E-state index in [1.54, 1.807) is 0 Å². The number of benzene rings is 1. The Morgan fingerprint density at radius 3 is 2.55 bits per heavy atom. The number of nitrogens with one attached hydrogen (secondary N) is 1. The van der Waals surface area contributed by atoms with Crippen LogP contribution in [0.15, 0.2) is 30.3 Å². The van der Waals surface area contributed by atoms with Gasteiger partial charge < -0.3 is 15.0 Å². The summed E-state index contributed by atoms with van der Waals surface area (Å²) in [7, 11) is 1.92. The Morgan fingerprint density at radius 1 is 1.18 bits per heavy atom. The van der Waals surface area contributed by atoms with Crippen LogP contribution in [0.5, 0.6) is 5.75 Å². The van der Waals surface area contributed by atoms with Gasteiger partial charge in [0, 0.05) is 19.6 Å². The Balaban J connectivity index is 1.60. The molecule has 0 aliphatic heterocycles. The minimum atomic E-state index is 0.0478. The Hall–Kier alpha value is -1.71. The molecule has 0 radical (unpaired) electrons. The normalized spacial score (nSPS) is 15.9. The zero-order valence-corrected chi connectivity index (χ0v) is 13.6. The van der Waals surface area contributed by atoms with Crippen LogP contribution in [-0.2, 0) is 0 Å². The largest absolute Gasteiger partial charge is 0.494 e. The maximum Gasteiger partial charge on any atom is 0.317 e. The van der Waals surface area contributed by atoms with E-state index < -0.39 is 0 Å². The van der Waals surface area contributed by atoms with Crippen molar-refractivity contribution >= 4 is 6.03 Å². The first kappa shape index (κ1) is 16.7. The zero-order valence-electron chi connectivity index (χ0n) is 13.6. The van der Waals surface area contributed by atoms with E-state index in [-0.39, 0.29) is 6.03 Å². The van der Waals surface area contributed by atoms with Crippen LogP contribution in [0.3, 0.4) is 0 Å². The van der Waals surface area contributed by atoms with Crippen LogP contribution in [0, 0.1) is 0 Å². The highest BCUT2D eigenvalue weighted by molar-refractivity contribution is 5.74. The number of carbonyl (C=O) groups is 1. The van der Waals surface area contributed by atoms with Gasteiger partial charge in [0.2, 0.25) is 0 Å². The SMILES string of the molecule is CN(C(=O)NCCCOc1ccccc1)C1CCCCCC1. The Labute approximate surface area is 133 Å². The molecule has 122 valence electrons. The van der Waals surface area contributed by atoms with Gasteiger partial charge >= 0.3 is 6.03 Å². The van der Waals surface area contributed by atoms with Gasteiger partial charge in [-0.25, -0.2) is 4.79 Å². The summed E-state index contributed by atoms with van der Waals surface area (Å²) >= 11 is 0. The van der Waals surface area contributed by atoms with Gasteiger partial charge in [-0.3, -0.25) is 0 Å². The third kappa shape index (κ3) is 5.58. The molecule has 2 amide bonds. The van der Waals surface area contributed by atoms with E-state index in [0.717, 1.165) is 25.0 Å². The van der Waals surface area contributed by atoms with Crippen molar-refractivity contribution in [1.82, 2.24) is 10.2 Å². The highest BCUT2D eigenvalue weighted by Gasteiger charge is 2.20. The molecule has 1 fully saturated rings. The van der Waals surface area contributed by atoms with Gasteiger partial charge in [0.15, 0.2) is 0 Å². The number of para-hydroxylation sites is 1. The molecule has 0 aromatic heterocycles. The smallest absolute Gasteiger partial charge is 0.317 e. The molecule has 0 atom stereocenters. The quantitative estimate of drug-likeness (QED) is 0.641. The summed E-state index contributed by atoms with van der Waals surface area (Å²) in [5, 5.41) is 2.99. The Kier molecular flexibility index (Phi) is 7.07. The number of carbonyl (C=O) groups excluding carboxylic acids is 1. The van der Waals surface area contributed by atoms with Crippen molar-refractivity contribution in [2.75, 3.05) is 20.2 Å². The average Bonchev–Trinajstić information content (AvgIpc) is 2.84. The van der Waals surface area contributed by atoms with Gasteiger partial charge in [-0.15, -0.1) is 0 Å². The lowest BCUT2D eigenvalue weighted by molar-refractivity contribution is 0.183. The fourth-order valence-corrected chi connectivity index (χ4v) is 2.91. The highest BCUT2D eigenvalue weighted by atomic mass is 16.5. The van der Waals surface area contributed by atoms with E-state index in [1.165, 1.54) is 25.7 Å². The summed E-state index contributed by atoms with van der Waals surface area (Å²) in [5.41, 5.74) is 0. The summed E-state index contributed by atoms with van der Waals surface area (Å²) in [6.07, 6.45) is 8.20. The van der Waals surface area contributed by atoms with E-state index in [1.807, 2.05) is 42.3 Å². The average molecular weight is 304 g/mol. The third-order valence-corrected chi connectivity index (χ3v) is 4.30. The maximum atomic E-state index is 12.2. The molecule has 4 nitrogen and oxygen atoms in total. The lowest BCUT2D eigenvalue weighted by Crippen LogP contribution is -2.43. The predicted molar refractivity (Wildman–Crippen MR) is 89.2 cm³/mol. The summed E-state index contributed by atoms with van der Waals surface area (Å²) in [6.45, 7) is 1.28. The van der Waals surface area contributed by atoms with Crippen LogP contribution in [0.1, 0.15) is 44.9 Å². The molecule has 1 aromatic carbocycles. The minimum Gasteiger partial charge on any atom is -0.494 e. The zero-order chi connectivity index (χ0) is 15.6. The lowest BCUT2D eigenvalue weighted by Gasteiger charge is -2.27. The summed E-state index contributed by atoms with van der Waals surface area (Å²) < 4.78 is 5.62. The maximum absolute atomic E-state index is 12.2. The van der Waals surface area contributed by atoms with Crippen molar-refractivity contribution in [1.29, 1.82) is 0 Å². The first-order chi connectivity index (χ1) is 10.8. The second-order valence-corrected chi connectivity index (χ2v) is 6.00. The van der Waals surface area contributed by atoms with E-state index in [9.17, 15) is 4.79 Å². The van der Waals surface area contributed by atoms with Gasteiger partial charge in [-0.05, 0) is 31.4 Å². The molecule has 1 aromatic rings. The third-order valence-electron chi connectivity index (χ3n) is 4.30. The molecule has 1 saturated carbocycles. The molecule has 1 aliphatic carbocycles.